The van der Waals surface area contributed by atoms with Gasteiger partial charge in [-0.25, -0.2) is 9.59 Å². The summed E-state index contributed by atoms with van der Waals surface area (Å²) in [5.74, 6) is -5.99. The van der Waals surface area contributed by atoms with Crippen LogP contribution in [0.15, 0.2) is 83.5 Å². The molecule has 306 valence electrons. The van der Waals surface area contributed by atoms with Crippen LogP contribution >= 0.6 is 0 Å². The number of carbonyl (C=O) groups excluding carboxylic acids is 5. The van der Waals surface area contributed by atoms with E-state index < -0.39 is 106 Å². The Labute approximate surface area is 332 Å². The first-order valence-corrected chi connectivity index (χ1v) is 19.4. The van der Waals surface area contributed by atoms with Crippen LogP contribution in [0, 0.1) is 22.7 Å². The van der Waals surface area contributed by atoms with E-state index >= 15 is 4.79 Å². The zero-order valence-corrected chi connectivity index (χ0v) is 33.6. The third-order valence-electron chi connectivity index (χ3n) is 13.3. The van der Waals surface area contributed by atoms with E-state index in [4.69, 9.17) is 18.9 Å². The molecule has 1 heterocycles. The zero-order valence-electron chi connectivity index (χ0n) is 33.6. The molecule has 11 atom stereocenters. The van der Waals surface area contributed by atoms with Crippen molar-refractivity contribution in [1.29, 1.82) is 0 Å². The molecule has 2 unspecified atom stereocenters. The molecular weight excluding hydrogens is 734 g/mol. The second-order valence-electron chi connectivity index (χ2n) is 16.7. The van der Waals surface area contributed by atoms with E-state index in [0.29, 0.717) is 22.3 Å². The SMILES string of the molecule is C/C=C(\C)C(=O)N[C@@H](c1ccccc1)[C@@H](O)C(=O)O[C@H]1C[C@@]2(O)C(OC(=O)c3ccccc3)C3[C@](C)(C(=O)[C@H](C)C(=C1C)C2(C)C)[C@@H](O)C[C@H]1OC[C@@]31OC(C)=O. The van der Waals surface area contributed by atoms with Crippen LogP contribution in [0.2, 0.25) is 0 Å². The van der Waals surface area contributed by atoms with E-state index in [0.717, 1.165) is 0 Å². The fourth-order valence-electron chi connectivity index (χ4n) is 10.0. The second-order valence-corrected chi connectivity index (χ2v) is 16.7. The maximum Gasteiger partial charge on any atom is 0.338 e. The number of esters is 3. The number of ether oxygens (including phenoxy) is 4. The first-order chi connectivity index (χ1) is 26.8. The number of Topliss-reactive ketones (excluding diaryl/α,β-unsaturated/α-hetero) is 1. The largest absolute Gasteiger partial charge is 0.456 e. The second kappa shape index (κ2) is 15.2. The summed E-state index contributed by atoms with van der Waals surface area (Å²) in [6, 6.07) is 15.3. The summed E-state index contributed by atoms with van der Waals surface area (Å²) in [7, 11) is 0. The Kier molecular flexibility index (Phi) is 11.2. The minimum Gasteiger partial charge on any atom is -0.456 e. The lowest BCUT2D eigenvalue weighted by atomic mass is 9.43. The van der Waals surface area contributed by atoms with Gasteiger partial charge in [-0.15, -0.1) is 0 Å². The van der Waals surface area contributed by atoms with Crippen LogP contribution in [0.3, 0.4) is 0 Å². The Hall–Kier alpha value is -4.69. The standard InChI is InChI=1S/C44H53NO12/c1-9-23(2)38(50)45-33(27-16-12-10-13-17-27)34(48)40(52)55-29-21-44(53)37(56-39(51)28-18-14-11-15-19-28)35-42(8,36(49)25(4)32(24(29)3)41(44,6)7)30(47)20-31-43(35,22-54-31)57-26(5)46/h9-19,25,29-31,33-35,37,47-48,53H,20-22H2,1-8H3,(H,45,50)/b23-9+/t25-,29+,30+,31-,33+,34-,35?,37?,42-,43+,44-/m1/s1. The average Bonchev–Trinajstić information content (AvgIpc) is 3.18. The molecule has 13 heteroatoms. The van der Waals surface area contributed by atoms with Crippen molar-refractivity contribution in [2.24, 2.45) is 22.7 Å². The number of benzene rings is 2. The lowest BCUT2D eigenvalue weighted by Gasteiger charge is -2.67. The van der Waals surface area contributed by atoms with Crippen molar-refractivity contribution in [1.82, 2.24) is 5.32 Å². The van der Waals surface area contributed by atoms with Crippen molar-refractivity contribution in [3.63, 3.8) is 0 Å². The normalized spacial score (nSPS) is 34.2. The summed E-state index contributed by atoms with van der Waals surface area (Å²) in [6.07, 6.45) is -6.01. The molecule has 0 radical (unpaired) electrons. The Morgan fingerprint density at radius 1 is 0.982 bits per heavy atom. The van der Waals surface area contributed by atoms with Gasteiger partial charge in [0.25, 0.3) is 0 Å². The van der Waals surface area contributed by atoms with Crippen LogP contribution in [0.25, 0.3) is 0 Å². The molecule has 4 aliphatic rings. The van der Waals surface area contributed by atoms with Crippen molar-refractivity contribution >= 4 is 29.6 Å². The van der Waals surface area contributed by atoms with E-state index in [1.165, 1.54) is 19.1 Å². The van der Waals surface area contributed by atoms with Crippen molar-refractivity contribution in [2.75, 3.05) is 6.61 Å². The molecule has 1 saturated heterocycles. The van der Waals surface area contributed by atoms with Crippen LogP contribution < -0.4 is 5.32 Å². The molecule has 4 N–H and O–H groups in total. The molecule has 2 bridgehead atoms. The highest BCUT2D eigenvalue weighted by Gasteiger charge is 2.77. The molecule has 0 aromatic heterocycles. The molecule has 3 fully saturated rings. The lowest BCUT2D eigenvalue weighted by molar-refractivity contribution is -0.345. The van der Waals surface area contributed by atoms with E-state index in [2.05, 4.69) is 5.32 Å². The van der Waals surface area contributed by atoms with Crippen LogP contribution in [0.5, 0.6) is 0 Å². The number of nitrogens with one attached hydrogen (secondary N) is 1. The number of rotatable bonds is 9. The number of allylic oxidation sites excluding steroid dienone is 1. The summed E-state index contributed by atoms with van der Waals surface area (Å²) in [6.45, 7) is 12.6. The number of aliphatic hydroxyl groups is 3. The average molecular weight is 788 g/mol. The summed E-state index contributed by atoms with van der Waals surface area (Å²) >= 11 is 0. The Bertz CT molecular complexity index is 1990. The smallest absolute Gasteiger partial charge is 0.338 e. The van der Waals surface area contributed by atoms with Gasteiger partial charge in [-0.05, 0) is 56.5 Å². The first kappa shape index (κ1) is 41.9. The number of amides is 1. The molecule has 2 aromatic carbocycles. The van der Waals surface area contributed by atoms with Gasteiger partial charge < -0.3 is 39.6 Å². The van der Waals surface area contributed by atoms with Crippen molar-refractivity contribution in [2.45, 2.75) is 116 Å². The molecule has 1 aliphatic heterocycles. The van der Waals surface area contributed by atoms with E-state index in [1.807, 2.05) is 0 Å². The summed E-state index contributed by atoms with van der Waals surface area (Å²) in [5, 5.41) is 39.8. The maximum atomic E-state index is 15.2. The molecular formula is C44H53NO12. The molecule has 57 heavy (non-hydrogen) atoms. The Morgan fingerprint density at radius 2 is 1.60 bits per heavy atom. The number of aliphatic hydroxyl groups excluding tert-OH is 2. The van der Waals surface area contributed by atoms with Crippen molar-refractivity contribution in [3.8, 4) is 0 Å². The molecule has 2 saturated carbocycles. The molecule has 1 amide bonds. The highest BCUT2D eigenvalue weighted by atomic mass is 16.6. The van der Waals surface area contributed by atoms with Crippen LogP contribution in [0.4, 0.5) is 0 Å². The molecule has 13 nitrogen and oxygen atoms in total. The van der Waals surface area contributed by atoms with Gasteiger partial charge in [0, 0.05) is 36.7 Å². The van der Waals surface area contributed by atoms with Crippen LogP contribution in [-0.2, 0) is 38.1 Å². The Balaban J connectivity index is 1.50. The lowest BCUT2D eigenvalue weighted by Crippen LogP contribution is -2.81. The van der Waals surface area contributed by atoms with E-state index in [-0.39, 0.29) is 18.6 Å². The predicted molar refractivity (Wildman–Crippen MR) is 205 cm³/mol. The molecule has 6 rings (SSSR count). The number of ketones is 1. The van der Waals surface area contributed by atoms with Gasteiger partial charge in [0.15, 0.2) is 11.7 Å². The van der Waals surface area contributed by atoms with E-state index in [1.54, 1.807) is 103 Å². The van der Waals surface area contributed by atoms with E-state index in [9.17, 15) is 34.5 Å². The van der Waals surface area contributed by atoms with Crippen LogP contribution in [0.1, 0.15) is 90.2 Å². The fourth-order valence-corrected chi connectivity index (χ4v) is 10.0. The van der Waals surface area contributed by atoms with Crippen LogP contribution in [-0.4, -0.2) is 93.2 Å². The predicted octanol–water partition coefficient (Wildman–Crippen LogP) is 4.09. The van der Waals surface area contributed by atoms with Gasteiger partial charge in [-0.2, -0.15) is 0 Å². The zero-order chi connectivity index (χ0) is 41.8. The van der Waals surface area contributed by atoms with Gasteiger partial charge in [-0.1, -0.05) is 75.4 Å². The Morgan fingerprint density at radius 3 is 2.16 bits per heavy atom. The quantitative estimate of drug-likeness (QED) is 0.123. The minimum absolute atomic E-state index is 0.0667. The third kappa shape index (κ3) is 6.71. The number of hydrogen-bond donors (Lipinski definition) is 4. The summed E-state index contributed by atoms with van der Waals surface area (Å²) < 4.78 is 24.5. The molecule has 0 spiro atoms. The maximum absolute atomic E-state index is 15.2. The third-order valence-corrected chi connectivity index (χ3v) is 13.3. The number of carbonyl (C=O) groups is 5. The highest BCUT2D eigenvalue weighted by Crippen LogP contribution is 2.65. The van der Waals surface area contributed by atoms with Gasteiger partial charge in [0.2, 0.25) is 5.91 Å². The van der Waals surface area contributed by atoms with Gasteiger partial charge in [-0.3, -0.25) is 14.4 Å². The van der Waals surface area contributed by atoms with Gasteiger partial charge in [0.05, 0.1) is 35.6 Å². The number of hydrogen-bond acceptors (Lipinski definition) is 12. The highest BCUT2D eigenvalue weighted by molar-refractivity contribution is 5.94. The summed E-state index contributed by atoms with van der Waals surface area (Å²) in [5.41, 5.74) is -5.17. The van der Waals surface area contributed by atoms with Crippen molar-refractivity contribution < 1.29 is 58.2 Å². The fraction of sp³-hybridized carbons (Fsp3) is 0.523. The topological polar surface area (TPSA) is 195 Å². The van der Waals surface area contributed by atoms with Gasteiger partial charge in [0.1, 0.15) is 29.7 Å². The molecule has 3 aliphatic carbocycles. The first-order valence-electron chi connectivity index (χ1n) is 19.4. The summed E-state index contributed by atoms with van der Waals surface area (Å²) in [4.78, 5) is 69.4. The number of fused-ring (bicyclic) bond motifs is 5. The minimum atomic E-state index is -2.18. The molecule has 2 aromatic rings. The van der Waals surface area contributed by atoms with Gasteiger partial charge >= 0.3 is 17.9 Å². The van der Waals surface area contributed by atoms with Crippen molar-refractivity contribution in [3.05, 3.63) is 94.6 Å². The monoisotopic (exact) mass is 787 g/mol.